The van der Waals surface area contributed by atoms with Gasteiger partial charge in [-0.05, 0) is 37.2 Å². The molecule has 0 radical (unpaired) electrons. The molecule has 2 rings (SSSR count). The summed E-state index contributed by atoms with van der Waals surface area (Å²) in [6, 6.07) is 7.25. The number of rotatable bonds is 0. The molecule has 1 aromatic carbocycles. The Bertz CT molecular complexity index is 485. The van der Waals surface area contributed by atoms with Crippen molar-refractivity contribution in [3.8, 4) is 5.75 Å². The lowest BCUT2D eigenvalue weighted by atomic mass is 9.93. The summed E-state index contributed by atoms with van der Waals surface area (Å²) in [5.74, 6) is 0.627. The maximum absolute atomic E-state index is 12.1. The summed E-state index contributed by atoms with van der Waals surface area (Å²) in [5.41, 5.74) is -0.0122. The summed E-state index contributed by atoms with van der Waals surface area (Å²) in [7, 11) is 1.05. The Kier molecular flexibility index (Phi) is 2.48. The van der Waals surface area contributed by atoms with Gasteiger partial charge in [-0.25, -0.2) is 0 Å². The van der Waals surface area contributed by atoms with Crippen molar-refractivity contribution in [3.63, 3.8) is 0 Å². The lowest BCUT2D eigenvalue weighted by molar-refractivity contribution is 0.0991. The number of ether oxygens (including phenoxy) is 1. The molecular formula is C11H10O2S2. The summed E-state index contributed by atoms with van der Waals surface area (Å²) in [6.45, 7) is 3.71. The number of fused-ring (bicyclic) bond motifs is 1. The molecule has 0 atom stereocenters. The average molecular weight is 238 g/mol. The number of carbonyl (C=O) groups excluding carboxylic acids is 1. The van der Waals surface area contributed by atoms with Crippen LogP contribution in [0.1, 0.15) is 24.2 Å². The predicted molar refractivity (Wildman–Crippen MR) is 65.2 cm³/mol. The Balaban J connectivity index is 2.66. The fourth-order valence-corrected chi connectivity index (χ4v) is 2.86. The number of carbonyl (C=O) groups is 1. The molecule has 0 fully saturated rings. The summed E-state index contributed by atoms with van der Waals surface area (Å²) in [4.78, 5) is 12.6. The lowest BCUT2D eigenvalue weighted by Crippen LogP contribution is -2.46. The van der Waals surface area contributed by atoms with E-state index in [1.807, 2.05) is 26.0 Å². The van der Waals surface area contributed by atoms with Gasteiger partial charge < -0.3 is 4.74 Å². The highest BCUT2D eigenvalue weighted by Crippen LogP contribution is 2.30. The Hall–Kier alpha value is -1.00. The van der Waals surface area contributed by atoms with Gasteiger partial charge in [-0.3, -0.25) is 4.79 Å². The molecule has 0 amide bonds. The maximum atomic E-state index is 12.1. The van der Waals surface area contributed by atoms with Crippen LogP contribution in [0.3, 0.4) is 0 Å². The SMILES string of the molecule is CC1(C)Oc2ccccc2C(=O)C1=S=S. The van der Waals surface area contributed by atoms with Gasteiger partial charge in [-0.15, -0.1) is 0 Å². The quantitative estimate of drug-likeness (QED) is 0.644. The van der Waals surface area contributed by atoms with Gasteiger partial charge >= 0.3 is 0 Å². The first-order valence-corrected chi connectivity index (χ1v) is 6.30. The van der Waals surface area contributed by atoms with Crippen molar-refractivity contribution in [1.29, 1.82) is 0 Å². The molecule has 1 aromatic rings. The van der Waals surface area contributed by atoms with Crippen LogP contribution in [-0.4, -0.2) is 16.2 Å². The second kappa shape index (κ2) is 3.54. The van der Waals surface area contributed by atoms with Crippen LogP contribution in [0.2, 0.25) is 0 Å². The standard InChI is InChI=1S/C11H10O2S2/c1-11(2)10(15-14)9(12)7-5-3-4-6-8(7)13-11/h3-6H,1-2H3. The number of hydrogen-bond acceptors (Lipinski definition) is 3. The van der Waals surface area contributed by atoms with Crippen molar-refractivity contribution in [1.82, 2.24) is 0 Å². The molecular weight excluding hydrogens is 228 g/mol. The molecule has 1 aliphatic rings. The molecule has 2 nitrogen and oxygen atoms in total. The van der Waals surface area contributed by atoms with E-state index in [-0.39, 0.29) is 5.78 Å². The van der Waals surface area contributed by atoms with Crippen molar-refractivity contribution in [2.45, 2.75) is 19.4 Å². The summed E-state index contributed by atoms with van der Waals surface area (Å²) in [5, 5.41) is 0. The largest absolute Gasteiger partial charge is 0.481 e. The molecule has 0 saturated carbocycles. The fourth-order valence-electron chi connectivity index (χ4n) is 1.60. The molecule has 0 bridgehead atoms. The Labute approximate surface area is 96.5 Å². The van der Waals surface area contributed by atoms with Gasteiger partial charge in [-0.1, -0.05) is 22.0 Å². The lowest BCUT2D eigenvalue weighted by Gasteiger charge is -2.32. The van der Waals surface area contributed by atoms with Crippen molar-refractivity contribution in [2.24, 2.45) is 0 Å². The Morgan fingerprint density at radius 3 is 2.67 bits per heavy atom. The minimum Gasteiger partial charge on any atom is -0.481 e. The molecule has 0 aromatic heterocycles. The highest BCUT2D eigenvalue weighted by atomic mass is 32.8. The van der Waals surface area contributed by atoms with Gasteiger partial charge in [0.25, 0.3) is 0 Å². The third kappa shape index (κ3) is 1.64. The minimum atomic E-state index is -0.613. The van der Waals surface area contributed by atoms with E-state index in [2.05, 4.69) is 0 Å². The molecule has 1 heterocycles. The molecule has 15 heavy (non-hydrogen) atoms. The minimum absolute atomic E-state index is 0.0122. The van der Waals surface area contributed by atoms with Crippen molar-refractivity contribution in [3.05, 3.63) is 29.8 Å². The van der Waals surface area contributed by atoms with Crippen molar-refractivity contribution < 1.29 is 9.53 Å². The van der Waals surface area contributed by atoms with Crippen LogP contribution >= 0.6 is 0 Å². The van der Waals surface area contributed by atoms with Gasteiger partial charge in [0.2, 0.25) is 5.78 Å². The van der Waals surface area contributed by atoms with E-state index in [0.717, 1.165) is 9.91 Å². The molecule has 78 valence electrons. The van der Waals surface area contributed by atoms with E-state index in [0.29, 0.717) is 16.2 Å². The van der Waals surface area contributed by atoms with E-state index in [1.165, 1.54) is 0 Å². The first kappa shape index (κ1) is 10.5. The van der Waals surface area contributed by atoms with Crippen molar-refractivity contribution in [2.75, 3.05) is 0 Å². The normalized spacial score (nSPS) is 18.0. The second-order valence-electron chi connectivity index (χ2n) is 3.85. The second-order valence-corrected chi connectivity index (χ2v) is 4.93. The highest BCUT2D eigenvalue weighted by Gasteiger charge is 2.38. The fraction of sp³-hybridized carbons (Fsp3) is 0.273. The zero-order valence-electron chi connectivity index (χ0n) is 8.44. The molecule has 0 aliphatic carbocycles. The van der Waals surface area contributed by atoms with Crippen LogP contribution < -0.4 is 4.74 Å². The van der Waals surface area contributed by atoms with Crippen LogP contribution in [0, 0.1) is 0 Å². The molecule has 0 saturated heterocycles. The molecule has 1 aliphatic heterocycles. The third-order valence-electron chi connectivity index (χ3n) is 2.33. The van der Waals surface area contributed by atoms with E-state index in [1.54, 1.807) is 12.1 Å². The molecule has 4 heteroatoms. The average Bonchev–Trinajstić information content (AvgIpc) is 2.17. The number of ketones is 1. The third-order valence-corrected chi connectivity index (χ3v) is 3.68. The first-order chi connectivity index (χ1) is 7.06. The Morgan fingerprint density at radius 1 is 1.33 bits per heavy atom. The van der Waals surface area contributed by atoms with Gasteiger partial charge in [-0.2, -0.15) is 0 Å². The highest BCUT2D eigenvalue weighted by molar-refractivity contribution is 8.17. The zero-order chi connectivity index (χ0) is 11.1. The van der Waals surface area contributed by atoms with E-state index < -0.39 is 5.60 Å². The van der Waals surface area contributed by atoms with Crippen LogP contribution in [0.4, 0.5) is 0 Å². The maximum Gasteiger partial charge on any atom is 0.207 e. The van der Waals surface area contributed by atoms with E-state index in [9.17, 15) is 4.79 Å². The number of benzene rings is 1. The summed E-state index contributed by atoms with van der Waals surface area (Å²) < 4.78 is 5.75. The Morgan fingerprint density at radius 2 is 2.00 bits per heavy atom. The van der Waals surface area contributed by atoms with Gasteiger partial charge in [0.15, 0.2) is 0 Å². The number of hydrogen-bond donors (Lipinski definition) is 0. The molecule has 0 spiro atoms. The van der Waals surface area contributed by atoms with Crippen LogP contribution in [0.15, 0.2) is 24.3 Å². The molecule has 0 N–H and O–H groups in total. The zero-order valence-corrected chi connectivity index (χ0v) is 10.1. The van der Waals surface area contributed by atoms with E-state index in [4.69, 9.17) is 15.9 Å². The van der Waals surface area contributed by atoms with Crippen LogP contribution in [0.5, 0.6) is 5.75 Å². The van der Waals surface area contributed by atoms with E-state index >= 15 is 0 Å². The first-order valence-electron chi connectivity index (χ1n) is 4.56. The van der Waals surface area contributed by atoms with Gasteiger partial charge in [0, 0.05) is 0 Å². The summed E-state index contributed by atoms with van der Waals surface area (Å²) in [6.07, 6.45) is 0. The van der Waals surface area contributed by atoms with Crippen molar-refractivity contribution >= 4 is 31.7 Å². The van der Waals surface area contributed by atoms with Crippen LogP contribution in [0.25, 0.3) is 0 Å². The predicted octanol–water partition coefficient (Wildman–Crippen LogP) is 1.76. The number of Topliss-reactive ketones (excluding diaryl/α,β-unsaturated/α-hetero) is 1. The van der Waals surface area contributed by atoms with Crippen LogP contribution in [-0.2, 0) is 21.1 Å². The topological polar surface area (TPSA) is 26.3 Å². The monoisotopic (exact) mass is 238 g/mol. The molecule has 0 unspecified atom stereocenters. The van der Waals surface area contributed by atoms with Gasteiger partial charge in [0.1, 0.15) is 16.2 Å². The smallest absolute Gasteiger partial charge is 0.207 e. The summed E-state index contributed by atoms with van der Waals surface area (Å²) >= 11 is 4.91. The van der Waals surface area contributed by atoms with Gasteiger partial charge in [0.05, 0.1) is 5.56 Å². The number of para-hydroxylation sites is 1.